The van der Waals surface area contributed by atoms with Gasteiger partial charge in [0.15, 0.2) is 0 Å². The molecular formula is C14H13NO2. The molecule has 1 aliphatic rings. The zero-order valence-electron chi connectivity index (χ0n) is 9.86. The number of benzene rings is 1. The van der Waals surface area contributed by atoms with E-state index in [4.69, 9.17) is 4.74 Å². The number of allylic oxidation sites excluding steroid dienone is 1. The first-order chi connectivity index (χ1) is 8.00. The van der Waals surface area contributed by atoms with Gasteiger partial charge in [0.25, 0.3) is 0 Å². The van der Waals surface area contributed by atoms with Gasteiger partial charge in [-0.05, 0) is 19.9 Å². The molecule has 0 radical (unpaired) electrons. The Labute approximate surface area is 100 Å². The molecule has 0 N–H and O–H groups in total. The number of hydrogen-bond donors (Lipinski definition) is 0. The van der Waals surface area contributed by atoms with Crippen LogP contribution in [0.15, 0.2) is 36.6 Å². The van der Waals surface area contributed by atoms with Gasteiger partial charge >= 0.3 is 0 Å². The molecule has 3 nitrogen and oxygen atoms in total. The van der Waals surface area contributed by atoms with E-state index in [0.29, 0.717) is 11.5 Å². The first-order valence-electron chi connectivity index (χ1n) is 5.38. The van der Waals surface area contributed by atoms with Gasteiger partial charge in [0.1, 0.15) is 17.3 Å². The van der Waals surface area contributed by atoms with Gasteiger partial charge in [-0.2, -0.15) is 5.26 Å². The van der Waals surface area contributed by atoms with Crippen molar-refractivity contribution >= 4 is 5.78 Å². The zero-order chi connectivity index (χ0) is 12.6. The number of fused-ring (bicyclic) bond motifs is 1. The van der Waals surface area contributed by atoms with Crippen molar-refractivity contribution < 1.29 is 9.53 Å². The lowest BCUT2D eigenvalue weighted by Gasteiger charge is -2.37. The Hall–Kier alpha value is -2.08. The van der Waals surface area contributed by atoms with Crippen molar-refractivity contribution in [1.29, 1.82) is 5.26 Å². The molecule has 0 saturated heterocycles. The number of Topliss-reactive ketones (excluding diaryl/α,β-unsaturated/α-hetero) is 1. The van der Waals surface area contributed by atoms with Crippen molar-refractivity contribution in [3.63, 3.8) is 0 Å². The number of nitrogens with zero attached hydrogens (tertiary/aromatic N) is 1. The number of hydrogen-bond acceptors (Lipinski definition) is 3. The highest BCUT2D eigenvalue weighted by Gasteiger charge is 2.47. The predicted octanol–water partition coefficient (Wildman–Crippen LogP) is 2.58. The summed E-state index contributed by atoms with van der Waals surface area (Å²) < 4.78 is 5.54. The smallest absolute Gasteiger partial charge is 0.142 e. The highest BCUT2D eigenvalue weighted by atomic mass is 16.5. The summed E-state index contributed by atoms with van der Waals surface area (Å²) in [7, 11) is 0. The van der Waals surface area contributed by atoms with E-state index in [-0.39, 0.29) is 5.78 Å². The second kappa shape index (κ2) is 3.74. The summed E-state index contributed by atoms with van der Waals surface area (Å²) in [6.07, 6.45) is 0. The van der Waals surface area contributed by atoms with E-state index in [0.717, 1.165) is 5.56 Å². The SMILES string of the molecule is C=C1Oc2ccccc2C(C)(C#N)C1C(C)=O. The van der Waals surface area contributed by atoms with Gasteiger partial charge in [-0.25, -0.2) is 0 Å². The van der Waals surface area contributed by atoms with E-state index >= 15 is 0 Å². The summed E-state index contributed by atoms with van der Waals surface area (Å²) in [5.74, 6) is 0.246. The fraction of sp³-hybridized carbons (Fsp3) is 0.286. The Bertz CT molecular complexity index is 541. The molecule has 0 spiro atoms. The van der Waals surface area contributed by atoms with Gasteiger partial charge in [0, 0.05) is 5.56 Å². The van der Waals surface area contributed by atoms with Crippen LogP contribution in [0.3, 0.4) is 0 Å². The maximum absolute atomic E-state index is 11.7. The van der Waals surface area contributed by atoms with Crippen molar-refractivity contribution in [3.8, 4) is 11.8 Å². The van der Waals surface area contributed by atoms with Crippen LogP contribution in [-0.4, -0.2) is 5.78 Å². The molecule has 3 heteroatoms. The molecule has 0 saturated carbocycles. The monoisotopic (exact) mass is 227 g/mol. The molecule has 2 rings (SSSR count). The van der Waals surface area contributed by atoms with E-state index < -0.39 is 11.3 Å². The van der Waals surface area contributed by atoms with Gasteiger partial charge in [-0.1, -0.05) is 24.8 Å². The number of carbonyl (C=O) groups is 1. The highest BCUT2D eigenvalue weighted by molar-refractivity contribution is 5.84. The predicted molar refractivity (Wildman–Crippen MR) is 63.3 cm³/mol. The van der Waals surface area contributed by atoms with Gasteiger partial charge in [-0.15, -0.1) is 0 Å². The van der Waals surface area contributed by atoms with E-state index in [1.54, 1.807) is 13.0 Å². The minimum Gasteiger partial charge on any atom is -0.461 e. The summed E-state index contributed by atoms with van der Waals surface area (Å²) in [4.78, 5) is 11.7. The Morgan fingerprint density at radius 2 is 2.18 bits per heavy atom. The summed E-state index contributed by atoms with van der Waals surface area (Å²) in [6, 6.07) is 9.51. The number of ether oxygens (including phenoxy) is 1. The summed E-state index contributed by atoms with van der Waals surface area (Å²) in [5.41, 5.74) is -0.160. The minimum absolute atomic E-state index is 0.103. The molecule has 2 atom stereocenters. The molecule has 1 aromatic carbocycles. The average molecular weight is 227 g/mol. The van der Waals surface area contributed by atoms with Crippen LogP contribution in [0.1, 0.15) is 19.4 Å². The Morgan fingerprint density at radius 1 is 1.53 bits per heavy atom. The third-order valence-corrected chi connectivity index (χ3v) is 3.23. The lowest BCUT2D eigenvalue weighted by molar-refractivity contribution is -0.121. The van der Waals surface area contributed by atoms with E-state index in [2.05, 4.69) is 12.6 Å². The average Bonchev–Trinajstić information content (AvgIpc) is 2.28. The highest BCUT2D eigenvalue weighted by Crippen LogP contribution is 2.45. The largest absolute Gasteiger partial charge is 0.461 e. The van der Waals surface area contributed by atoms with Crippen molar-refractivity contribution in [1.82, 2.24) is 0 Å². The fourth-order valence-electron chi connectivity index (χ4n) is 2.42. The summed E-state index contributed by atoms with van der Waals surface area (Å²) >= 11 is 0. The van der Waals surface area contributed by atoms with Gasteiger partial charge in [0.05, 0.1) is 17.4 Å². The van der Waals surface area contributed by atoms with Crippen LogP contribution < -0.4 is 4.74 Å². The van der Waals surface area contributed by atoms with E-state index in [1.165, 1.54) is 6.92 Å². The third kappa shape index (κ3) is 1.53. The summed E-state index contributed by atoms with van der Waals surface area (Å²) in [5, 5.41) is 9.44. The van der Waals surface area contributed by atoms with Crippen LogP contribution in [0.4, 0.5) is 0 Å². The summed E-state index contributed by atoms with van der Waals surface area (Å²) in [6.45, 7) is 6.98. The van der Waals surface area contributed by atoms with Crippen molar-refractivity contribution in [2.45, 2.75) is 19.3 Å². The maximum atomic E-state index is 11.7. The third-order valence-electron chi connectivity index (χ3n) is 3.23. The van der Waals surface area contributed by atoms with Gasteiger partial charge in [-0.3, -0.25) is 4.79 Å². The Balaban J connectivity index is 2.68. The van der Waals surface area contributed by atoms with Gasteiger partial charge in [0.2, 0.25) is 0 Å². The molecule has 1 heterocycles. The molecule has 0 amide bonds. The van der Waals surface area contributed by atoms with Crippen LogP contribution in [-0.2, 0) is 10.2 Å². The van der Waals surface area contributed by atoms with Crippen LogP contribution in [0.25, 0.3) is 0 Å². The van der Waals surface area contributed by atoms with E-state index in [9.17, 15) is 10.1 Å². The zero-order valence-corrected chi connectivity index (χ0v) is 9.86. The molecule has 17 heavy (non-hydrogen) atoms. The normalized spacial score (nSPS) is 26.6. The standard InChI is InChI=1S/C14H13NO2/c1-9(16)13-10(2)17-12-7-5-4-6-11(12)14(13,3)8-15/h4-7,13H,2H2,1,3H3. The van der Waals surface area contributed by atoms with Crippen LogP contribution >= 0.6 is 0 Å². The molecule has 0 fully saturated rings. The second-order valence-corrected chi connectivity index (χ2v) is 4.42. The first kappa shape index (κ1) is 11.4. The van der Waals surface area contributed by atoms with Crippen LogP contribution in [0.2, 0.25) is 0 Å². The molecule has 0 bridgehead atoms. The maximum Gasteiger partial charge on any atom is 0.142 e. The molecular weight excluding hydrogens is 214 g/mol. The number of carbonyl (C=O) groups excluding carboxylic acids is 1. The number of ketones is 1. The van der Waals surface area contributed by atoms with Gasteiger partial charge < -0.3 is 4.74 Å². The molecule has 0 aliphatic carbocycles. The first-order valence-corrected chi connectivity index (χ1v) is 5.38. The second-order valence-electron chi connectivity index (χ2n) is 4.42. The molecule has 2 unspecified atom stereocenters. The number of rotatable bonds is 1. The number of para-hydroxylation sites is 1. The van der Waals surface area contributed by atoms with Crippen molar-refractivity contribution in [2.24, 2.45) is 5.92 Å². The van der Waals surface area contributed by atoms with Crippen LogP contribution in [0, 0.1) is 17.2 Å². The Morgan fingerprint density at radius 3 is 2.76 bits per heavy atom. The topological polar surface area (TPSA) is 50.1 Å². The van der Waals surface area contributed by atoms with Crippen LogP contribution in [0.5, 0.6) is 5.75 Å². The minimum atomic E-state index is -0.905. The fourth-order valence-corrected chi connectivity index (χ4v) is 2.42. The molecule has 1 aliphatic heterocycles. The molecule has 0 aromatic heterocycles. The molecule has 86 valence electrons. The Kier molecular flexibility index (Phi) is 2.51. The van der Waals surface area contributed by atoms with Crippen molar-refractivity contribution in [2.75, 3.05) is 0 Å². The number of nitriles is 1. The quantitative estimate of drug-likeness (QED) is 0.740. The molecule has 1 aromatic rings. The van der Waals surface area contributed by atoms with E-state index in [1.807, 2.05) is 18.2 Å². The lowest BCUT2D eigenvalue weighted by Crippen LogP contribution is -2.41. The lowest BCUT2D eigenvalue weighted by atomic mass is 9.69. The van der Waals surface area contributed by atoms with Crippen molar-refractivity contribution in [3.05, 3.63) is 42.2 Å².